The summed E-state index contributed by atoms with van der Waals surface area (Å²) in [5.41, 5.74) is 2.41. The monoisotopic (exact) mass is 304 g/mol. The number of halogens is 1. The van der Waals surface area contributed by atoms with Crippen molar-refractivity contribution in [3.05, 3.63) is 58.9 Å². The van der Waals surface area contributed by atoms with Crippen LogP contribution in [0.15, 0.2) is 42.7 Å². The van der Waals surface area contributed by atoms with Crippen LogP contribution in [0.4, 0.5) is 0 Å². The van der Waals surface area contributed by atoms with Crippen LogP contribution in [0.3, 0.4) is 0 Å². The molecule has 112 valence electrons. The zero-order valence-electron chi connectivity index (χ0n) is 12.5. The quantitative estimate of drug-likeness (QED) is 0.837. The van der Waals surface area contributed by atoms with Crippen LogP contribution in [-0.2, 0) is 13.2 Å². The number of nitrogens with one attached hydrogen (secondary N) is 1. The lowest BCUT2D eigenvalue weighted by Crippen LogP contribution is -2.18. The van der Waals surface area contributed by atoms with E-state index in [-0.39, 0.29) is 0 Å². The van der Waals surface area contributed by atoms with Crippen LogP contribution in [0.2, 0.25) is 5.02 Å². The lowest BCUT2D eigenvalue weighted by molar-refractivity contribution is 0.305. The van der Waals surface area contributed by atoms with Crippen molar-refractivity contribution in [2.75, 3.05) is 6.54 Å². The number of pyridine rings is 1. The fraction of sp³-hybridized carbons (Fsp3) is 0.353. The maximum absolute atomic E-state index is 5.87. The number of ether oxygens (including phenoxy) is 1. The summed E-state index contributed by atoms with van der Waals surface area (Å²) in [5.74, 6) is 1.36. The highest BCUT2D eigenvalue weighted by Crippen LogP contribution is 2.16. The Kier molecular flexibility index (Phi) is 6.03. The summed E-state index contributed by atoms with van der Waals surface area (Å²) in [4.78, 5) is 3.99. The Morgan fingerprint density at radius 3 is 2.52 bits per heavy atom. The predicted molar refractivity (Wildman–Crippen MR) is 86.6 cm³/mol. The van der Waals surface area contributed by atoms with E-state index in [1.807, 2.05) is 0 Å². The van der Waals surface area contributed by atoms with Gasteiger partial charge in [0.1, 0.15) is 12.4 Å². The molecule has 0 bridgehead atoms. The third kappa shape index (κ3) is 5.74. The van der Waals surface area contributed by atoms with Crippen LogP contribution >= 0.6 is 11.6 Å². The fourth-order valence-electron chi connectivity index (χ4n) is 1.90. The first-order valence-corrected chi connectivity index (χ1v) is 7.53. The van der Waals surface area contributed by atoms with Crippen LogP contribution in [0.25, 0.3) is 0 Å². The molecule has 0 radical (unpaired) electrons. The van der Waals surface area contributed by atoms with E-state index >= 15 is 0 Å². The predicted octanol–water partition coefficient (Wildman–Crippen LogP) is 4.06. The van der Waals surface area contributed by atoms with Gasteiger partial charge in [-0.2, -0.15) is 0 Å². The average molecular weight is 305 g/mol. The minimum absolute atomic E-state index is 0.516. The molecular weight excluding hydrogens is 284 g/mol. The Hall–Kier alpha value is -1.58. The Balaban J connectivity index is 1.82. The van der Waals surface area contributed by atoms with Gasteiger partial charge >= 0.3 is 0 Å². The molecule has 0 fully saturated rings. The zero-order chi connectivity index (χ0) is 15.1. The highest BCUT2D eigenvalue weighted by molar-refractivity contribution is 6.30. The van der Waals surface area contributed by atoms with Crippen LogP contribution in [-0.4, -0.2) is 11.5 Å². The summed E-state index contributed by atoms with van der Waals surface area (Å²) in [6, 6.07) is 10.2. The molecule has 4 heteroatoms. The second-order valence-corrected chi connectivity index (χ2v) is 5.91. The SMILES string of the molecule is CC(C)CNCc1ccc(COc2cncc(Cl)c2)cc1. The van der Waals surface area contributed by atoms with E-state index in [1.165, 1.54) is 5.56 Å². The van der Waals surface area contributed by atoms with Gasteiger partial charge in [0, 0.05) is 18.8 Å². The molecule has 0 saturated heterocycles. The van der Waals surface area contributed by atoms with Gasteiger partial charge in [0.15, 0.2) is 0 Å². The third-order valence-corrected chi connectivity index (χ3v) is 3.20. The Bertz CT molecular complexity index is 555. The van der Waals surface area contributed by atoms with Crippen molar-refractivity contribution >= 4 is 11.6 Å². The molecule has 0 spiro atoms. The topological polar surface area (TPSA) is 34.1 Å². The molecule has 0 aliphatic heterocycles. The molecule has 0 atom stereocenters. The van der Waals surface area contributed by atoms with Crippen molar-refractivity contribution in [1.29, 1.82) is 0 Å². The number of rotatable bonds is 7. The van der Waals surface area contributed by atoms with Crippen LogP contribution < -0.4 is 10.1 Å². The third-order valence-electron chi connectivity index (χ3n) is 2.99. The van der Waals surface area contributed by atoms with E-state index < -0.39 is 0 Å². The van der Waals surface area contributed by atoms with Gasteiger partial charge in [-0.25, -0.2) is 0 Å². The molecule has 21 heavy (non-hydrogen) atoms. The van der Waals surface area contributed by atoms with E-state index in [1.54, 1.807) is 18.5 Å². The molecular formula is C17H21ClN2O. The van der Waals surface area contributed by atoms with Gasteiger partial charge in [-0.15, -0.1) is 0 Å². The lowest BCUT2D eigenvalue weighted by Gasteiger charge is -2.09. The molecule has 2 rings (SSSR count). The maximum atomic E-state index is 5.87. The van der Waals surface area contributed by atoms with E-state index in [2.05, 4.69) is 48.4 Å². The molecule has 0 amide bonds. The van der Waals surface area contributed by atoms with Crippen molar-refractivity contribution in [2.45, 2.75) is 27.0 Å². The van der Waals surface area contributed by atoms with Gasteiger partial charge in [0.25, 0.3) is 0 Å². The molecule has 1 aromatic carbocycles. The van der Waals surface area contributed by atoms with E-state index in [0.717, 1.165) is 18.7 Å². The fourth-order valence-corrected chi connectivity index (χ4v) is 2.06. The number of benzene rings is 1. The molecule has 0 aliphatic rings. The molecule has 0 saturated carbocycles. The minimum atomic E-state index is 0.516. The van der Waals surface area contributed by atoms with Gasteiger partial charge in [-0.1, -0.05) is 49.7 Å². The Morgan fingerprint density at radius 2 is 1.86 bits per heavy atom. The second-order valence-electron chi connectivity index (χ2n) is 5.47. The molecule has 2 aromatic rings. The molecule has 1 N–H and O–H groups in total. The smallest absolute Gasteiger partial charge is 0.139 e. The number of hydrogen-bond donors (Lipinski definition) is 1. The second kappa shape index (κ2) is 8.01. The Morgan fingerprint density at radius 1 is 1.14 bits per heavy atom. The van der Waals surface area contributed by atoms with E-state index in [4.69, 9.17) is 16.3 Å². The van der Waals surface area contributed by atoms with Crippen molar-refractivity contribution in [2.24, 2.45) is 5.92 Å². The first-order valence-electron chi connectivity index (χ1n) is 7.15. The summed E-state index contributed by atoms with van der Waals surface area (Å²) in [6.07, 6.45) is 3.25. The first kappa shape index (κ1) is 15.8. The van der Waals surface area contributed by atoms with Gasteiger partial charge in [0.05, 0.1) is 11.2 Å². The van der Waals surface area contributed by atoms with Gasteiger partial charge < -0.3 is 10.1 Å². The maximum Gasteiger partial charge on any atom is 0.139 e. The zero-order valence-corrected chi connectivity index (χ0v) is 13.2. The molecule has 1 heterocycles. The summed E-state index contributed by atoms with van der Waals surface area (Å²) < 4.78 is 5.66. The minimum Gasteiger partial charge on any atom is -0.487 e. The number of aromatic nitrogens is 1. The molecule has 0 aliphatic carbocycles. The van der Waals surface area contributed by atoms with Crippen LogP contribution in [0.5, 0.6) is 5.75 Å². The van der Waals surface area contributed by atoms with Crippen molar-refractivity contribution in [1.82, 2.24) is 10.3 Å². The Labute approximate surface area is 131 Å². The summed E-state index contributed by atoms with van der Waals surface area (Å²) in [7, 11) is 0. The van der Waals surface area contributed by atoms with Gasteiger partial charge in [-0.05, 0) is 23.6 Å². The number of hydrogen-bond acceptors (Lipinski definition) is 3. The van der Waals surface area contributed by atoms with E-state index in [0.29, 0.717) is 23.3 Å². The van der Waals surface area contributed by atoms with Gasteiger partial charge in [0.2, 0.25) is 0 Å². The van der Waals surface area contributed by atoms with Crippen molar-refractivity contribution in [3.8, 4) is 5.75 Å². The molecule has 3 nitrogen and oxygen atoms in total. The van der Waals surface area contributed by atoms with E-state index in [9.17, 15) is 0 Å². The normalized spacial score (nSPS) is 10.9. The standard InChI is InChI=1S/C17H21ClN2O/c1-13(2)8-19-9-14-3-5-15(6-4-14)12-21-17-7-16(18)10-20-11-17/h3-7,10-11,13,19H,8-9,12H2,1-2H3. The average Bonchev–Trinajstić information content (AvgIpc) is 2.46. The highest BCUT2D eigenvalue weighted by Gasteiger charge is 1.99. The lowest BCUT2D eigenvalue weighted by atomic mass is 10.1. The van der Waals surface area contributed by atoms with Crippen molar-refractivity contribution < 1.29 is 4.74 Å². The molecule has 1 aromatic heterocycles. The molecule has 0 unspecified atom stereocenters. The first-order chi connectivity index (χ1) is 10.1. The van der Waals surface area contributed by atoms with Crippen LogP contribution in [0, 0.1) is 5.92 Å². The van der Waals surface area contributed by atoms with Crippen molar-refractivity contribution in [3.63, 3.8) is 0 Å². The van der Waals surface area contributed by atoms with Gasteiger partial charge in [-0.3, -0.25) is 4.98 Å². The largest absolute Gasteiger partial charge is 0.487 e. The summed E-state index contributed by atoms with van der Waals surface area (Å²) >= 11 is 5.87. The summed E-state index contributed by atoms with van der Waals surface area (Å²) in [6.45, 7) is 6.86. The van der Waals surface area contributed by atoms with Crippen LogP contribution in [0.1, 0.15) is 25.0 Å². The highest BCUT2D eigenvalue weighted by atomic mass is 35.5. The number of nitrogens with zero attached hydrogens (tertiary/aromatic N) is 1. The summed E-state index contributed by atoms with van der Waals surface area (Å²) in [5, 5.41) is 4.01.